The monoisotopic (exact) mass is 410 g/mol. The lowest BCUT2D eigenvalue weighted by Gasteiger charge is -2.18. The van der Waals surface area contributed by atoms with E-state index in [1.165, 1.54) is 26.3 Å². The van der Waals surface area contributed by atoms with Crippen molar-refractivity contribution in [1.29, 1.82) is 0 Å². The third-order valence-electron chi connectivity index (χ3n) is 4.84. The van der Waals surface area contributed by atoms with Gasteiger partial charge in [0.25, 0.3) is 0 Å². The highest BCUT2D eigenvalue weighted by Gasteiger charge is 2.25. The van der Waals surface area contributed by atoms with Gasteiger partial charge in [-0.25, -0.2) is 0 Å². The molecule has 0 fully saturated rings. The molecule has 3 heterocycles. The summed E-state index contributed by atoms with van der Waals surface area (Å²) in [6, 6.07) is 6.53. The van der Waals surface area contributed by atoms with Crippen LogP contribution in [0.25, 0.3) is 22.2 Å². The molecule has 140 valence electrons. The van der Waals surface area contributed by atoms with Crippen LogP contribution in [0.2, 0.25) is 0 Å². The van der Waals surface area contributed by atoms with Crippen LogP contribution in [0.15, 0.2) is 40.4 Å². The lowest BCUT2D eigenvalue weighted by atomic mass is 10.1. The summed E-state index contributed by atoms with van der Waals surface area (Å²) in [7, 11) is 0. The maximum Gasteiger partial charge on any atom is 0.104 e. The maximum atomic E-state index is 4.98. The Morgan fingerprint density at radius 2 is 1.88 bits per heavy atom. The van der Waals surface area contributed by atoms with Crippen molar-refractivity contribution >= 4 is 47.5 Å². The summed E-state index contributed by atoms with van der Waals surface area (Å²) in [6.07, 6.45) is 3.81. The Kier molecular flexibility index (Phi) is 6.97. The van der Waals surface area contributed by atoms with E-state index in [9.17, 15) is 0 Å². The zero-order valence-corrected chi connectivity index (χ0v) is 17.7. The van der Waals surface area contributed by atoms with Crippen molar-refractivity contribution in [3.8, 4) is 11.3 Å². The van der Waals surface area contributed by atoms with Gasteiger partial charge in [0.05, 0.1) is 12.1 Å². The molecular formula is C19H24Cl2N4S. The molecule has 0 radical (unpaired) electrons. The van der Waals surface area contributed by atoms with Crippen molar-refractivity contribution < 1.29 is 0 Å². The van der Waals surface area contributed by atoms with Crippen LogP contribution >= 0.6 is 36.6 Å². The molecule has 0 unspecified atom stereocenters. The van der Waals surface area contributed by atoms with Crippen molar-refractivity contribution in [2.24, 2.45) is 0 Å². The average molecular weight is 411 g/mol. The van der Waals surface area contributed by atoms with Gasteiger partial charge >= 0.3 is 0 Å². The van der Waals surface area contributed by atoms with Gasteiger partial charge in [-0.1, -0.05) is 31.7 Å². The lowest BCUT2D eigenvalue weighted by Crippen LogP contribution is -2.27. The Balaban J connectivity index is 0.00000121. The first-order valence-corrected chi connectivity index (χ1v) is 9.39. The van der Waals surface area contributed by atoms with Gasteiger partial charge < -0.3 is 4.90 Å². The summed E-state index contributed by atoms with van der Waals surface area (Å²) in [5.74, 6) is 0. The quantitative estimate of drug-likeness (QED) is 0.460. The number of pyridine rings is 1. The van der Waals surface area contributed by atoms with E-state index in [2.05, 4.69) is 53.5 Å². The van der Waals surface area contributed by atoms with Gasteiger partial charge in [-0.05, 0) is 37.7 Å². The molecule has 0 saturated carbocycles. The van der Waals surface area contributed by atoms with Crippen LogP contribution in [0.4, 0.5) is 0 Å². The molecular weight excluding hydrogens is 387 g/mol. The van der Waals surface area contributed by atoms with Crippen molar-refractivity contribution in [3.05, 3.63) is 36.2 Å². The highest BCUT2D eigenvalue weighted by Crippen LogP contribution is 2.48. The predicted octanol–water partition coefficient (Wildman–Crippen LogP) is 5.06. The SMILES string of the molecule is CCN(CC)CCn1nc2c3c(c(C)ccc31)Sc1ccncc1-2.Cl.Cl. The average Bonchev–Trinajstić information content (AvgIpc) is 2.99. The van der Waals surface area contributed by atoms with Crippen LogP contribution < -0.4 is 0 Å². The molecule has 4 rings (SSSR count). The lowest BCUT2D eigenvalue weighted by molar-refractivity contribution is 0.287. The molecule has 0 saturated heterocycles. The summed E-state index contributed by atoms with van der Waals surface area (Å²) >= 11 is 1.84. The molecule has 3 aromatic rings. The Labute approximate surface area is 171 Å². The summed E-state index contributed by atoms with van der Waals surface area (Å²) in [5.41, 5.74) is 4.80. The van der Waals surface area contributed by atoms with Gasteiger partial charge in [-0.15, -0.1) is 24.8 Å². The third kappa shape index (κ3) is 3.46. The normalized spacial score (nSPS) is 11.8. The Morgan fingerprint density at radius 1 is 1.12 bits per heavy atom. The zero-order valence-electron chi connectivity index (χ0n) is 15.2. The minimum absolute atomic E-state index is 0. The van der Waals surface area contributed by atoms with E-state index in [1.54, 1.807) is 0 Å². The first-order chi connectivity index (χ1) is 11.7. The Morgan fingerprint density at radius 3 is 2.62 bits per heavy atom. The van der Waals surface area contributed by atoms with Crippen LogP contribution in [0, 0.1) is 6.92 Å². The summed E-state index contributed by atoms with van der Waals surface area (Å²) in [4.78, 5) is 9.35. The van der Waals surface area contributed by atoms with Crippen LogP contribution in [0.1, 0.15) is 19.4 Å². The standard InChI is InChI=1S/C19H22N4S.2ClH/c1-4-22(5-2)10-11-23-15-7-6-13(3)19-17(15)18(21-23)14-12-20-9-8-16(14)24-19;;/h6-9,12H,4-5,10-11H2,1-3H3;2*1H. The van der Waals surface area contributed by atoms with Crippen molar-refractivity contribution in [3.63, 3.8) is 0 Å². The molecule has 4 nitrogen and oxygen atoms in total. The summed E-state index contributed by atoms with van der Waals surface area (Å²) < 4.78 is 2.18. The fourth-order valence-corrected chi connectivity index (χ4v) is 4.51. The number of likely N-dealkylation sites (N-methyl/N-ethyl adjacent to an activating group) is 1. The van der Waals surface area contributed by atoms with Crippen molar-refractivity contribution in [2.45, 2.75) is 37.1 Å². The largest absolute Gasteiger partial charge is 0.302 e. The topological polar surface area (TPSA) is 34.0 Å². The summed E-state index contributed by atoms with van der Waals surface area (Å²) in [6.45, 7) is 10.7. The molecule has 1 aliphatic heterocycles. The van der Waals surface area contributed by atoms with Gasteiger partial charge in [-0.3, -0.25) is 9.67 Å². The molecule has 0 N–H and O–H groups in total. The number of halogens is 2. The van der Waals surface area contributed by atoms with Crippen LogP contribution in [-0.4, -0.2) is 39.3 Å². The molecule has 7 heteroatoms. The molecule has 1 aliphatic rings. The van der Waals surface area contributed by atoms with E-state index >= 15 is 0 Å². The van der Waals surface area contributed by atoms with Crippen LogP contribution in [0.3, 0.4) is 0 Å². The molecule has 1 aromatic carbocycles. The number of fused-ring (bicyclic) bond motifs is 2. The number of benzene rings is 1. The van der Waals surface area contributed by atoms with E-state index in [-0.39, 0.29) is 24.8 Å². The predicted molar refractivity (Wildman–Crippen MR) is 114 cm³/mol. The van der Waals surface area contributed by atoms with Gasteiger partial charge in [0.2, 0.25) is 0 Å². The Bertz CT molecular complexity index is 906. The number of aryl methyl sites for hydroxylation is 1. The molecule has 0 aliphatic carbocycles. The molecule has 2 aromatic heterocycles. The second-order valence-corrected chi connectivity index (χ2v) is 7.23. The van der Waals surface area contributed by atoms with E-state index in [1.807, 2.05) is 24.2 Å². The van der Waals surface area contributed by atoms with Gasteiger partial charge in [-0.2, -0.15) is 5.10 Å². The molecule has 0 amide bonds. The molecule has 26 heavy (non-hydrogen) atoms. The number of rotatable bonds is 5. The van der Waals surface area contributed by atoms with Gasteiger partial charge in [0.1, 0.15) is 5.69 Å². The first-order valence-electron chi connectivity index (χ1n) is 8.57. The zero-order chi connectivity index (χ0) is 16.7. The van der Waals surface area contributed by atoms with E-state index in [0.29, 0.717) is 0 Å². The highest BCUT2D eigenvalue weighted by molar-refractivity contribution is 7.99. The second-order valence-electron chi connectivity index (χ2n) is 6.18. The van der Waals surface area contributed by atoms with Crippen LogP contribution in [-0.2, 0) is 6.54 Å². The fraction of sp³-hybridized carbons (Fsp3) is 0.368. The second kappa shape index (κ2) is 8.61. The van der Waals surface area contributed by atoms with E-state index in [4.69, 9.17) is 5.10 Å². The number of nitrogens with zero attached hydrogens (tertiary/aromatic N) is 4. The first kappa shape index (κ1) is 21.0. The number of aromatic nitrogens is 3. The molecule has 0 atom stereocenters. The smallest absolute Gasteiger partial charge is 0.104 e. The number of hydrogen-bond acceptors (Lipinski definition) is 4. The fourth-order valence-electron chi connectivity index (χ4n) is 3.37. The minimum Gasteiger partial charge on any atom is -0.302 e. The Hall–Kier alpha value is -1.27. The van der Waals surface area contributed by atoms with E-state index < -0.39 is 0 Å². The molecule has 0 bridgehead atoms. The maximum absolute atomic E-state index is 4.98. The van der Waals surface area contributed by atoms with Gasteiger partial charge in [0, 0.05) is 39.7 Å². The number of hydrogen-bond donors (Lipinski definition) is 0. The van der Waals surface area contributed by atoms with Crippen LogP contribution in [0.5, 0.6) is 0 Å². The van der Waals surface area contributed by atoms with Crippen molar-refractivity contribution in [2.75, 3.05) is 19.6 Å². The third-order valence-corrected chi connectivity index (χ3v) is 6.14. The minimum atomic E-state index is 0. The molecule has 0 spiro atoms. The van der Waals surface area contributed by atoms with Crippen molar-refractivity contribution in [1.82, 2.24) is 19.7 Å². The summed E-state index contributed by atoms with van der Waals surface area (Å²) in [5, 5.41) is 6.27. The highest BCUT2D eigenvalue weighted by atomic mass is 35.5. The van der Waals surface area contributed by atoms with Gasteiger partial charge in [0.15, 0.2) is 0 Å². The van der Waals surface area contributed by atoms with E-state index in [0.717, 1.165) is 37.4 Å².